The zero-order valence-electron chi connectivity index (χ0n) is 16.9. The summed E-state index contributed by atoms with van der Waals surface area (Å²) in [5.74, 6) is 2.53. The molecular formula is C20H19N7O3S. The lowest BCUT2D eigenvalue weighted by Crippen LogP contribution is -2.07. The van der Waals surface area contributed by atoms with Crippen molar-refractivity contribution in [1.82, 2.24) is 29.3 Å². The third kappa shape index (κ3) is 4.26. The smallest absolute Gasteiger partial charge is 0.342 e. The number of benzene rings is 1. The van der Waals surface area contributed by atoms with Crippen LogP contribution in [0.25, 0.3) is 17.1 Å². The first-order valence-electron chi connectivity index (χ1n) is 9.38. The Kier molecular flexibility index (Phi) is 5.94. The van der Waals surface area contributed by atoms with Crippen molar-refractivity contribution >= 4 is 17.6 Å². The monoisotopic (exact) mass is 437 g/mol. The second-order valence-corrected chi connectivity index (χ2v) is 7.56. The van der Waals surface area contributed by atoms with E-state index in [4.69, 9.17) is 4.74 Å². The molecule has 0 atom stereocenters. The number of pyridine rings is 1. The Morgan fingerprint density at radius 3 is 2.65 bits per heavy atom. The Bertz CT molecular complexity index is 1190. The predicted molar refractivity (Wildman–Crippen MR) is 115 cm³/mol. The molecule has 4 rings (SSSR count). The van der Waals surface area contributed by atoms with Gasteiger partial charge >= 0.3 is 5.82 Å². The highest BCUT2D eigenvalue weighted by molar-refractivity contribution is 7.99. The summed E-state index contributed by atoms with van der Waals surface area (Å²) in [6.07, 6.45) is 4.71. The fourth-order valence-corrected chi connectivity index (χ4v) is 3.99. The van der Waals surface area contributed by atoms with Crippen LogP contribution in [0.1, 0.15) is 5.82 Å². The molecule has 3 heterocycles. The number of nitrogens with zero attached hydrogens (tertiary/aromatic N) is 7. The Morgan fingerprint density at radius 1 is 1.16 bits per heavy atom. The van der Waals surface area contributed by atoms with E-state index >= 15 is 0 Å². The van der Waals surface area contributed by atoms with E-state index in [2.05, 4.69) is 20.2 Å². The maximum absolute atomic E-state index is 11.2. The summed E-state index contributed by atoms with van der Waals surface area (Å²) in [6.45, 7) is 2.17. The van der Waals surface area contributed by atoms with Crippen LogP contribution in [0.15, 0.2) is 60.1 Å². The highest BCUT2D eigenvalue weighted by Crippen LogP contribution is 2.29. The minimum absolute atomic E-state index is 0.0224. The van der Waals surface area contributed by atoms with Gasteiger partial charge in [0.25, 0.3) is 0 Å². The average Bonchev–Trinajstić information content (AvgIpc) is 3.38. The van der Waals surface area contributed by atoms with Gasteiger partial charge in [-0.1, -0.05) is 11.8 Å². The lowest BCUT2D eigenvalue weighted by Gasteiger charge is -2.11. The zero-order chi connectivity index (χ0) is 21.8. The summed E-state index contributed by atoms with van der Waals surface area (Å²) in [5.41, 5.74) is 1.70. The van der Waals surface area contributed by atoms with Crippen LogP contribution < -0.4 is 4.74 Å². The van der Waals surface area contributed by atoms with Gasteiger partial charge in [-0.05, 0) is 41.3 Å². The quantitative estimate of drug-likeness (QED) is 0.234. The molecule has 0 radical (unpaired) electrons. The Hall–Kier alpha value is -3.73. The highest BCUT2D eigenvalue weighted by Gasteiger charge is 2.19. The molecule has 0 saturated heterocycles. The van der Waals surface area contributed by atoms with E-state index in [0.717, 1.165) is 17.0 Å². The van der Waals surface area contributed by atoms with Crippen molar-refractivity contribution in [3.05, 3.63) is 70.9 Å². The van der Waals surface area contributed by atoms with Gasteiger partial charge in [0.05, 0.1) is 7.11 Å². The van der Waals surface area contributed by atoms with Gasteiger partial charge in [-0.25, -0.2) is 9.55 Å². The van der Waals surface area contributed by atoms with Crippen LogP contribution in [0.5, 0.6) is 5.75 Å². The van der Waals surface area contributed by atoms with Gasteiger partial charge in [0.15, 0.2) is 16.8 Å². The number of aromatic nitrogens is 6. The van der Waals surface area contributed by atoms with Crippen molar-refractivity contribution in [3.63, 3.8) is 0 Å². The highest BCUT2D eigenvalue weighted by atomic mass is 32.2. The van der Waals surface area contributed by atoms with Crippen molar-refractivity contribution < 1.29 is 9.66 Å². The Labute approximate surface area is 182 Å². The third-order valence-corrected chi connectivity index (χ3v) is 5.56. The number of methoxy groups -OCH3 is 1. The lowest BCUT2D eigenvalue weighted by atomic mass is 10.2. The number of thioether (sulfide) groups is 1. The summed E-state index contributed by atoms with van der Waals surface area (Å²) in [6, 6.07) is 11.4. The molecule has 0 saturated carbocycles. The fourth-order valence-electron chi connectivity index (χ4n) is 3.12. The van der Waals surface area contributed by atoms with Crippen LogP contribution in [0.4, 0.5) is 5.82 Å². The summed E-state index contributed by atoms with van der Waals surface area (Å²) in [5, 5.41) is 20.6. The predicted octanol–water partition coefficient (Wildman–Crippen LogP) is 3.54. The van der Waals surface area contributed by atoms with Crippen LogP contribution >= 0.6 is 11.8 Å². The van der Waals surface area contributed by atoms with Gasteiger partial charge in [0, 0.05) is 36.3 Å². The van der Waals surface area contributed by atoms with Gasteiger partial charge in [-0.15, -0.1) is 10.2 Å². The van der Waals surface area contributed by atoms with Crippen molar-refractivity contribution in [2.24, 2.45) is 0 Å². The molecule has 0 spiro atoms. The minimum atomic E-state index is -0.426. The van der Waals surface area contributed by atoms with E-state index in [-0.39, 0.29) is 5.82 Å². The van der Waals surface area contributed by atoms with E-state index in [1.165, 1.54) is 18.0 Å². The molecule has 4 aromatic rings. The molecule has 0 bridgehead atoms. The van der Waals surface area contributed by atoms with Crippen LogP contribution in [0, 0.1) is 17.0 Å². The standard InChI is InChI=1S/C20H19N7O3S/c1-14-22-13-18(27(28)29)25(14)10-11-31-20-24-23-19(15-4-3-9-21-12-15)26(20)16-5-7-17(30-2)8-6-16/h3-9,12-13H,10-11H2,1-2H3. The second kappa shape index (κ2) is 8.96. The number of nitro groups is 1. The number of hydrogen-bond acceptors (Lipinski definition) is 8. The molecule has 11 heteroatoms. The van der Waals surface area contributed by atoms with Gasteiger partial charge < -0.3 is 14.9 Å². The van der Waals surface area contributed by atoms with Crippen molar-refractivity contribution in [2.75, 3.05) is 12.9 Å². The first-order valence-corrected chi connectivity index (χ1v) is 10.4. The normalized spacial score (nSPS) is 10.9. The van der Waals surface area contributed by atoms with Crippen LogP contribution in [-0.4, -0.2) is 47.1 Å². The largest absolute Gasteiger partial charge is 0.497 e. The van der Waals surface area contributed by atoms with Gasteiger partial charge in [0.2, 0.25) is 0 Å². The summed E-state index contributed by atoms with van der Waals surface area (Å²) in [4.78, 5) is 19.0. The number of ether oxygens (including phenoxy) is 1. The van der Waals surface area contributed by atoms with Gasteiger partial charge in [-0.2, -0.15) is 0 Å². The maximum atomic E-state index is 11.2. The van der Waals surface area contributed by atoms with E-state index in [1.807, 2.05) is 41.0 Å². The van der Waals surface area contributed by atoms with Crippen molar-refractivity contribution in [2.45, 2.75) is 18.6 Å². The van der Waals surface area contributed by atoms with Gasteiger partial charge in [-0.3, -0.25) is 9.55 Å². The number of aryl methyl sites for hydroxylation is 1. The molecular weight excluding hydrogens is 418 g/mol. The molecule has 0 aliphatic carbocycles. The average molecular weight is 437 g/mol. The second-order valence-electron chi connectivity index (χ2n) is 6.50. The van der Waals surface area contributed by atoms with Crippen LogP contribution in [-0.2, 0) is 6.54 Å². The third-order valence-electron chi connectivity index (χ3n) is 4.65. The molecule has 158 valence electrons. The minimum Gasteiger partial charge on any atom is -0.497 e. The molecule has 0 unspecified atom stereocenters. The molecule has 3 aromatic heterocycles. The summed E-state index contributed by atoms with van der Waals surface area (Å²) < 4.78 is 8.79. The van der Waals surface area contributed by atoms with E-state index in [0.29, 0.717) is 29.1 Å². The first kappa shape index (κ1) is 20.5. The topological polar surface area (TPSA) is 114 Å². The molecule has 1 aromatic carbocycles. The van der Waals surface area contributed by atoms with Crippen LogP contribution in [0.3, 0.4) is 0 Å². The van der Waals surface area contributed by atoms with E-state index in [1.54, 1.807) is 31.0 Å². The molecule has 0 aliphatic rings. The summed E-state index contributed by atoms with van der Waals surface area (Å²) >= 11 is 1.46. The number of rotatable bonds is 8. The molecule has 0 fully saturated rings. The van der Waals surface area contributed by atoms with E-state index in [9.17, 15) is 10.1 Å². The number of imidazole rings is 1. The Balaban J connectivity index is 1.64. The fraction of sp³-hybridized carbons (Fsp3) is 0.200. The maximum Gasteiger partial charge on any atom is 0.342 e. The molecule has 0 aliphatic heterocycles. The van der Waals surface area contributed by atoms with Crippen molar-refractivity contribution in [1.29, 1.82) is 0 Å². The molecule has 0 N–H and O–H groups in total. The van der Waals surface area contributed by atoms with Crippen molar-refractivity contribution in [3.8, 4) is 22.8 Å². The van der Waals surface area contributed by atoms with Crippen LogP contribution in [0.2, 0.25) is 0 Å². The molecule has 10 nitrogen and oxygen atoms in total. The van der Waals surface area contributed by atoms with E-state index < -0.39 is 4.92 Å². The van der Waals surface area contributed by atoms with Gasteiger partial charge in [0.1, 0.15) is 18.5 Å². The lowest BCUT2D eigenvalue weighted by molar-refractivity contribution is -0.392. The molecule has 0 amide bonds. The Morgan fingerprint density at radius 2 is 1.97 bits per heavy atom. The SMILES string of the molecule is COc1ccc(-n2c(SCCn3c([N+](=O)[O-])cnc3C)nnc2-c2cccnc2)cc1. The molecule has 31 heavy (non-hydrogen) atoms. The first-order chi connectivity index (χ1) is 15.1. The zero-order valence-corrected chi connectivity index (χ0v) is 17.7. The summed E-state index contributed by atoms with van der Waals surface area (Å²) in [7, 11) is 1.62. The number of hydrogen-bond donors (Lipinski definition) is 0.